The van der Waals surface area contributed by atoms with Crippen LogP contribution in [0.2, 0.25) is 0 Å². The first-order valence-corrected chi connectivity index (χ1v) is 11.1. The molecule has 0 bridgehead atoms. The van der Waals surface area contributed by atoms with Crippen molar-refractivity contribution in [2.24, 2.45) is 0 Å². The maximum absolute atomic E-state index is 13.6. The van der Waals surface area contributed by atoms with Crippen molar-refractivity contribution in [2.45, 2.75) is 19.5 Å². The van der Waals surface area contributed by atoms with Gasteiger partial charge in [0.05, 0.1) is 18.4 Å². The second-order valence-corrected chi connectivity index (χ2v) is 8.26. The Bertz CT molecular complexity index is 1270. The molecular formula is C25H25F3N4O3. The zero-order chi connectivity index (χ0) is 25.2. The van der Waals surface area contributed by atoms with Gasteiger partial charge in [-0.1, -0.05) is 12.1 Å². The summed E-state index contributed by atoms with van der Waals surface area (Å²) >= 11 is 0. The van der Waals surface area contributed by atoms with E-state index in [-0.39, 0.29) is 11.4 Å². The van der Waals surface area contributed by atoms with Gasteiger partial charge in [-0.15, -0.1) is 0 Å². The number of aromatic nitrogens is 2. The van der Waals surface area contributed by atoms with Gasteiger partial charge in [0.2, 0.25) is 5.43 Å². The average Bonchev–Trinajstić information content (AvgIpc) is 3.10. The monoisotopic (exact) mass is 486 g/mol. The van der Waals surface area contributed by atoms with E-state index in [0.717, 1.165) is 28.3 Å². The summed E-state index contributed by atoms with van der Waals surface area (Å²) in [6.45, 7) is 3.47. The van der Waals surface area contributed by atoms with Crippen LogP contribution in [0, 0.1) is 6.92 Å². The van der Waals surface area contributed by atoms with Crippen molar-refractivity contribution in [2.75, 3.05) is 38.2 Å². The molecule has 0 radical (unpaired) electrons. The van der Waals surface area contributed by atoms with Crippen molar-refractivity contribution in [3.63, 3.8) is 0 Å². The molecule has 10 heteroatoms. The summed E-state index contributed by atoms with van der Waals surface area (Å²) in [4.78, 5) is 29.6. The van der Waals surface area contributed by atoms with E-state index in [1.54, 1.807) is 7.11 Å². The van der Waals surface area contributed by atoms with Crippen LogP contribution in [0.1, 0.15) is 28.2 Å². The fourth-order valence-corrected chi connectivity index (χ4v) is 4.16. The molecule has 1 aliphatic heterocycles. The molecule has 0 N–H and O–H groups in total. The summed E-state index contributed by atoms with van der Waals surface area (Å²) in [6.07, 6.45) is -3.96. The average molecular weight is 486 g/mol. The predicted molar refractivity (Wildman–Crippen MR) is 125 cm³/mol. The third-order valence-electron chi connectivity index (χ3n) is 5.97. The number of carbonyl (C=O) groups excluding carboxylic acids is 1. The number of nitrogens with zero attached hydrogens (tertiary/aromatic N) is 4. The van der Waals surface area contributed by atoms with Gasteiger partial charge < -0.3 is 14.5 Å². The number of ether oxygens (including phenoxy) is 1. The van der Waals surface area contributed by atoms with E-state index in [2.05, 4.69) is 10.00 Å². The number of rotatable bonds is 4. The molecule has 1 saturated heterocycles. The summed E-state index contributed by atoms with van der Waals surface area (Å²) in [5, 5.41) is 4.10. The third kappa shape index (κ3) is 5.16. The maximum atomic E-state index is 13.6. The van der Waals surface area contributed by atoms with Crippen molar-refractivity contribution >= 4 is 11.6 Å². The van der Waals surface area contributed by atoms with Gasteiger partial charge in [-0.3, -0.25) is 9.59 Å². The highest BCUT2D eigenvalue weighted by Gasteiger charge is 2.34. The van der Waals surface area contributed by atoms with Gasteiger partial charge in [0, 0.05) is 43.6 Å². The van der Waals surface area contributed by atoms with Gasteiger partial charge in [-0.05, 0) is 49.7 Å². The quantitative estimate of drug-likeness (QED) is 0.559. The van der Waals surface area contributed by atoms with Crippen LogP contribution >= 0.6 is 0 Å². The molecule has 0 spiro atoms. The number of para-hydroxylation sites is 1. The van der Waals surface area contributed by atoms with Gasteiger partial charge in [0.1, 0.15) is 5.75 Å². The zero-order valence-corrected chi connectivity index (χ0v) is 19.4. The number of carbonyl (C=O) groups is 1. The van der Waals surface area contributed by atoms with Crippen LogP contribution in [-0.4, -0.2) is 53.9 Å². The van der Waals surface area contributed by atoms with E-state index in [1.807, 2.05) is 24.3 Å². The number of methoxy groups -OCH3 is 1. The molecule has 1 aliphatic rings. The van der Waals surface area contributed by atoms with Gasteiger partial charge in [0.25, 0.3) is 5.91 Å². The molecule has 1 fully saturated rings. The van der Waals surface area contributed by atoms with Crippen LogP contribution in [0.4, 0.5) is 18.9 Å². The molecule has 35 heavy (non-hydrogen) atoms. The number of halogens is 3. The lowest BCUT2D eigenvalue weighted by atomic mass is 10.1. The summed E-state index contributed by atoms with van der Waals surface area (Å²) in [7, 11) is 1.60. The maximum Gasteiger partial charge on any atom is 0.418 e. The first-order chi connectivity index (χ1) is 16.7. The number of hydrogen-bond acceptors (Lipinski definition) is 5. The Hall–Kier alpha value is -3.82. The molecule has 7 nitrogen and oxygen atoms in total. The molecule has 0 aliphatic carbocycles. The largest absolute Gasteiger partial charge is 0.497 e. The minimum absolute atomic E-state index is 0.199. The van der Waals surface area contributed by atoms with Gasteiger partial charge >= 0.3 is 6.18 Å². The van der Waals surface area contributed by atoms with Crippen molar-refractivity contribution < 1.29 is 22.7 Å². The molecule has 2 aromatic carbocycles. The molecule has 0 unspecified atom stereocenters. The van der Waals surface area contributed by atoms with Crippen molar-refractivity contribution in [1.82, 2.24) is 14.7 Å². The molecule has 1 amide bonds. The van der Waals surface area contributed by atoms with Crippen molar-refractivity contribution in [3.05, 3.63) is 81.8 Å². The molecular weight excluding hydrogens is 461 g/mol. The Morgan fingerprint density at radius 2 is 1.71 bits per heavy atom. The second-order valence-electron chi connectivity index (χ2n) is 8.26. The Morgan fingerprint density at radius 3 is 2.40 bits per heavy atom. The Balaban J connectivity index is 1.60. The van der Waals surface area contributed by atoms with Crippen LogP contribution in [0.25, 0.3) is 5.69 Å². The van der Waals surface area contributed by atoms with Crippen LogP contribution in [-0.2, 0) is 6.18 Å². The summed E-state index contributed by atoms with van der Waals surface area (Å²) in [6, 6.07) is 13.7. The summed E-state index contributed by atoms with van der Waals surface area (Å²) < 4.78 is 46.9. The lowest BCUT2D eigenvalue weighted by Crippen LogP contribution is -2.39. The van der Waals surface area contributed by atoms with E-state index < -0.39 is 28.8 Å². The predicted octanol–water partition coefficient (Wildman–Crippen LogP) is 3.92. The Morgan fingerprint density at radius 1 is 1.00 bits per heavy atom. The molecule has 2 heterocycles. The number of hydrogen-bond donors (Lipinski definition) is 0. The highest BCUT2D eigenvalue weighted by atomic mass is 19.4. The zero-order valence-electron chi connectivity index (χ0n) is 19.4. The Labute approximate surface area is 200 Å². The Kier molecular flexibility index (Phi) is 6.81. The van der Waals surface area contributed by atoms with Crippen LogP contribution < -0.4 is 15.1 Å². The third-order valence-corrected chi connectivity index (χ3v) is 5.97. The number of alkyl halides is 3. The lowest BCUT2D eigenvalue weighted by molar-refractivity contribution is -0.137. The van der Waals surface area contributed by atoms with E-state index in [9.17, 15) is 22.8 Å². The number of anilines is 1. The van der Waals surface area contributed by atoms with E-state index in [4.69, 9.17) is 4.74 Å². The SMILES string of the molecule is COc1ccc(N2CCCN(C(=O)c3nn(-c4ccccc4C(F)(F)F)c(C)cc3=O)CC2)cc1. The van der Waals surface area contributed by atoms with Crippen LogP contribution in [0.3, 0.4) is 0 Å². The lowest BCUT2D eigenvalue weighted by Gasteiger charge is -2.24. The van der Waals surface area contributed by atoms with E-state index in [0.29, 0.717) is 32.6 Å². The smallest absolute Gasteiger partial charge is 0.418 e. The second kappa shape index (κ2) is 9.81. The number of aryl methyl sites for hydroxylation is 1. The van der Waals surface area contributed by atoms with Gasteiger partial charge in [0.15, 0.2) is 5.69 Å². The molecule has 4 rings (SSSR count). The van der Waals surface area contributed by atoms with E-state index in [1.165, 1.54) is 30.0 Å². The summed E-state index contributed by atoms with van der Waals surface area (Å²) in [5.74, 6) is 0.152. The van der Waals surface area contributed by atoms with Gasteiger partial charge in [-0.2, -0.15) is 18.3 Å². The minimum atomic E-state index is -4.62. The first-order valence-electron chi connectivity index (χ1n) is 11.1. The first kappa shape index (κ1) is 24.3. The molecule has 1 aromatic heterocycles. The highest BCUT2D eigenvalue weighted by molar-refractivity contribution is 5.92. The molecule has 0 atom stereocenters. The standard InChI is InChI=1S/C25H25F3N4O3/c1-17-16-22(33)23(29-32(17)21-7-4-3-6-20(21)25(26,27)28)24(34)31-13-5-12-30(14-15-31)18-8-10-19(35-2)11-9-18/h3-4,6-11,16H,5,12-15H2,1-2H3. The fraction of sp³-hybridized carbons (Fsp3) is 0.320. The number of benzene rings is 2. The van der Waals surface area contributed by atoms with Gasteiger partial charge in [-0.25, -0.2) is 4.68 Å². The summed E-state index contributed by atoms with van der Waals surface area (Å²) in [5.41, 5.74) is -0.977. The van der Waals surface area contributed by atoms with E-state index >= 15 is 0 Å². The topological polar surface area (TPSA) is 67.7 Å². The molecule has 184 valence electrons. The van der Waals surface area contributed by atoms with Crippen LogP contribution in [0.15, 0.2) is 59.4 Å². The van der Waals surface area contributed by atoms with Crippen molar-refractivity contribution in [1.29, 1.82) is 0 Å². The minimum Gasteiger partial charge on any atom is -0.497 e. The van der Waals surface area contributed by atoms with Crippen molar-refractivity contribution in [3.8, 4) is 11.4 Å². The normalized spacial score (nSPS) is 14.5. The molecule has 3 aromatic rings. The van der Waals surface area contributed by atoms with Crippen LogP contribution in [0.5, 0.6) is 5.75 Å². The highest BCUT2D eigenvalue weighted by Crippen LogP contribution is 2.33. The number of amides is 1. The fourth-order valence-electron chi connectivity index (χ4n) is 4.16. The molecule has 0 saturated carbocycles.